The van der Waals surface area contributed by atoms with Crippen molar-refractivity contribution in [3.05, 3.63) is 12.0 Å². The van der Waals surface area contributed by atoms with Gasteiger partial charge in [0.15, 0.2) is 0 Å². The van der Waals surface area contributed by atoms with E-state index in [4.69, 9.17) is 5.14 Å². The van der Waals surface area contributed by atoms with E-state index in [1.54, 1.807) is 0 Å². The van der Waals surface area contributed by atoms with Crippen LogP contribution >= 0.6 is 0 Å². The minimum absolute atomic E-state index is 0.0346. The molecule has 0 aromatic carbocycles. The second kappa shape index (κ2) is 6.22. The first-order chi connectivity index (χ1) is 8.74. The highest BCUT2D eigenvalue weighted by Gasteiger charge is 2.33. The number of hydrogen-bond donors (Lipinski definition) is 2. The highest BCUT2D eigenvalue weighted by atomic mass is 32.2. The lowest BCUT2D eigenvalue weighted by Crippen LogP contribution is -2.51. The van der Waals surface area contributed by atoms with Gasteiger partial charge in [0, 0.05) is 13.1 Å². The van der Waals surface area contributed by atoms with Crippen LogP contribution in [0.15, 0.2) is 22.0 Å². The van der Waals surface area contributed by atoms with Gasteiger partial charge in [-0.1, -0.05) is 0 Å². The zero-order valence-electron chi connectivity index (χ0n) is 10.5. The van der Waals surface area contributed by atoms with Crippen molar-refractivity contribution in [3.63, 3.8) is 0 Å². The number of hydrogen-bond acceptors (Lipinski definition) is 4. The number of aliphatic imine (C=N–C) groups is 2. The van der Waals surface area contributed by atoms with Crippen LogP contribution in [0.2, 0.25) is 0 Å². The van der Waals surface area contributed by atoms with Crippen molar-refractivity contribution in [2.75, 3.05) is 13.1 Å². The van der Waals surface area contributed by atoms with Crippen molar-refractivity contribution >= 4 is 22.7 Å². The highest BCUT2D eigenvalue weighted by Crippen LogP contribution is 2.17. The predicted molar refractivity (Wildman–Crippen MR) is 70.9 cm³/mol. The molecular weight excluding hydrogens is 275 g/mol. The number of sulfonamides is 1. The lowest BCUT2D eigenvalue weighted by molar-refractivity contribution is 0.104. The molecule has 0 spiro atoms. The number of piperidine rings is 1. The average molecular weight is 292 g/mol. The van der Waals surface area contributed by atoms with E-state index in [0.717, 1.165) is 6.20 Å². The molecule has 2 atom stereocenters. The van der Waals surface area contributed by atoms with Crippen molar-refractivity contribution in [1.82, 2.24) is 4.90 Å². The van der Waals surface area contributed by atoms with Gasteiger partial charge in [0.2, 0.25) is 16.0 Å². The molecule has 9 heteroatoms. The molecule has 1 aliphatic rings. The summed E-state index contributed by atoms with van der Waals surface area (Å²) >= 11 is 0. The van der Waals surface area contributed by atoms with E-state index in [1.807, 2.05) is 0 Å². The fourth-order valence-electron chi connectivity index (χ4n) is 1.80. The van der Waals surface area contributed by atoms with Gasteiger partial charge in [0.05, 0.1) is 17.6 Å². The van der Waals surface area contributed by atoms with Crippen LogP contribution in [-0.4, -0.2) is 55.5 Å². The summed E-state index contributed by atoms with van der Waals surface area (Å²) in [6.07, 6.45) is 0.119. The Hall–Kier alpha value is -1.32. The summed E-state index contributed by atoms with van der Waals surface area (Å²) in [5.74, 6) is -0.480. The fraction of sp³-hybridized carbons (Fsp3) is 0.600. The van der Waals surface area contributed by atoms with Crippen LogP contribution in [0.3, 0.4) is 0 Å². The molecule has 1 rings (SSSR count). The zero-order valence-corrected chi connectivity index (χ0v) is 11.3. The highest BCUT2D eigenvalue weighted by molar-refractivity contribution is 7.89. The molecule has 0 aliphatic carbocycles. The van der Waals surface area contributed by atoms with E-state index >= 15 is 0 Å². The number of likely N-dealkylation sites (tertiary alicyclic amines) is 1. The lowest BCUT2D eigenvalue weighted by atomic mass is 10.1. The lowest BCUT2D eigenvalue weighted by Gasteiger charge is -2.34. The first kappa shape index (κ1) is 15.7. The Labute approximate surface area is 111 Å². The first-order valence-electron chi connectivity index (χ1n) is 5.55. The number of nitrogens with zero attached hydrogens (tertiary/aromatic N) is 3. The van der Waals surface area contributed by atoms with Crippen LogP contribution in [0, 0.1) is 0 Å². The van der Waals surface area contributed by atoms with E-state index in [-0.39, 0.29) is 25.5 Å². The van der Waals surface area contributed by atoms with E-state index < -0.39 is 27.2 Å². The summed E-state index contributed by atoms with van der Waals surface area (Å²) in [6.45, 7) is 4.68. The predicted octanol–water partition coefficient (Wildman–Crippen LogP) is -0.402. The largest absolute Gasteiger partial charge is 0.391 e. The van der Waals surface area contributed by atoms with E-state index in [9.17, 15) is 17.9 Å². The molecule has 0 amide bonds. The summed E-state index contributed by atoms with van der Waals surface area (Å²) in [7, 11) is -3.77. The Morgan fingerprint density at radius 1 is 1.58 bits per heavy atom. The van der Waals surface area contributed by atoms with Crippen LogP contribution in [0.1, 0.15) is 13.3 Å². The molecule has 0 radical (unpaired) electrons. The number of β-amino-alcohol motifs (C(OH)–C–C–N with tert-alkyl or cyclic N) is 1. The van der Waals surface area contributed by atoms with Crippen molar-refractivity contribution in [3.8, 4) is 0 Å². The third kappa shape index (κ3) is 4.69. The van der Waals surface area contributed by atoms with Gasteiger partial charge in [0.25, 0.3) is 0 Å². The maximum atomic E-state index is 12.6. The molecule has 1 aliphatic heterocycles. The Bertz CT molecular complexity index is 499. The summed E-state index contributed by atoms with van der Waals surface area (Å²) < 4.78 is 35.3. The molecule has 0 aromatic rings. The van der Waals surface area contributed by atoms with Crippen molar-refractivity contribution in [1.29, 1.82) is 0 Å². The number of allylic oxidation sites excluding steroid dienone is 1. The maximum absolute atomic E-state index is 12.6. The summed E-state index contributed by atoms with van der Waals surface area (Å²) in [4.78, 5) is 8.76. The number of nitrogens with two attached hydrogens (primary N) is 1. The number of primary sulfonamides is 1. The normalized spacial score (nSPS) is 26.4. The van der Waals surface area contributed by atoms with Gasteiger partial charge in [-0.25, -0.2) is 27.9 Å². The van der Waals surface area contributed by atoms with Gasteiger partial charge in [-0.05, 0) is 20.1 Å². The van der Waals surface area contributed by atoms with E-state index in [2.05, 4.69) is 16.7 Å². The summed E-state index contributed by atoms with van der Waals surface area (Å²) in [5.41, 5.74) is 0. The Morgan fingerprint density at radius 3 is 2.68 bits per heavy atom. The van der Waals surface area contributed by atoms with Crippen molar-refractivity contribution in [2.45, 2.75) is 24.7 Å². The van der Waals surface area contributed by atoms with Gasteiger partial charge in [-0.3, -0.25) is 0 Å². The van der Waals surface area contributed by atoms with E-state index in [0.29, 0.717) is 0 Å². The Morgan fingerprint density at radius 2 is 2.21 bits per heavy atom. The molecular formula is C10H17FN4O3S. The van der Waals surface area contributed by atoms with Crippen molar-refractivity contribution < 1.29 is 17.9 Å². The standard InChI is InChI=1S/C10H17FN4O3S/c1-7(11)4-14-10(13-2)15-5-8(16)3-9(6-15)19(12,17)18/h4,8-9,16H,2-3,5-6H2,1H3,(H2,12,17,18)/b7-4+,14-10+/t8-,9+/m1/s1. The van der Waals surface area contributed by atoms with Gasteiger partial charge >= 0.3 is 0 Å². The molecule has 7 nitrogen and oxygen atoms in total. The molecule has 1 fully saturated rings. The third-order valence-corrected chi connectivity index (χ3v) is 3.91. The molecule has 1 saturated heterocycles. The Kier molecular flexibility index (Phi) is 5.15. The molecule has 0 saturated carbocycles. The summed E-state index contributed by atoms with van der Waals surface area (Å²) in [5, 5.41) is 13.8. The number of aliphatic hydroxyl groups is 1. The second-order valence-electron chi connectivity index (χ2n) is 4.31. The minimum Gasteiger partial charge on any atom is -0.391 e. The van der Waals surface area contributed by atoms with Crippen LogP contribution in [0.4, 0.5) is 4.39 Å². The second-order valence-corrected chi connectivity index (χ2v) is 6.15. The first-order valence-corrected chi connectivity index (χ1v) is 7.16. The van der Waals surface area contributed by atoms with E-state index in [1.165, 1.54) is 11.8 Å². The number of rotatable bonds is 2. The summed E-state index contributed by atoms with van der Waals surface area (Å²) in [6, 6.07) is 0. The van der Waals surface area contributed by atoms with Gasteiger partial charge < -0.3 is 10.0 Å². The number of guanidine groups is 1. The number of halogens is 1. The molecule has 0 unspecified atom stereocenters. The van der Waals surface area contributed by atoms with Crippen LogP contribution in [0.25, 0.3) is 0 Å². The molecule has 3 N–H and O–H groups in total. The Balaban J connectivity index is 2.95. The SMILES string of the molecule is C=N/C(=N\C=C(/C)F)N1C[C@H](O)C[C@H](S(N)(=O)=O)C1. The van der Waals surface area contributed by atoms with Crippen molar-refractivity contribution in [2.24, 2.45) is 15.1 Å². The van der Waals surface area contributed by atoms with Crippen LogP contribution in [0.5, 0.6) is 0 Å². The minimum atomic E-state index is -3.77. The smallest absolute Gasteiger partial charge is 0.224 e. The third-order valence-electron chi connectivity index (χ3n) is 2.64. The maximum Gasteiger partial charge on any atom is 0.224 e. The molecule has 0 bridgehead atoms. The van der Waals surface area contributed by atoms with Crippen LogP contribution in [-0.2, 0) is 10.0 Å². The molecule has 19 heavy (non-hydrogen) atoms. The fourth-order valence-corrected chi connectivity index (χ4v) is 2.68. The van der Waals surface area contributed by atoms with Gasteiger partial charge in [0.1, 0.15) is 5.83 Å². The van der Waals surface area contributed by atoms with Crippen LogP contribution < -0.4 is 5.14 Å². The monoisotopic (exact) mass is 292 g/mol. The molecule has 108 valence electrons. The van der Waals surface area contributed by atoms with Gasteiger partial charge in [-0.15, -0.1) is 0 Å². The molecule has 0 aromatic heterocycles. The number of aliphatic hydroxyl groups excluding tert-OH is 1. The topological polar surface area (TPSA) is 108 Å². The zero-order chi connectivity index (χ0) is 14.6. The molecule has 1 heterocycles. The quantitative estimate of drug-likeness (QED) is 0.533. The average Bonchev–Trinajstić information content (AvgIpc) is 2.27. The van der Waals surface area contributed by atoms with Gasteiger partial charge in [-0.2, -0.15) is 0 Å².